The summed E-state index contributed by atoms with van der Waals surface area (Å²) < 4.78 is 92.8. The topological polar surface area (TPSA) is 43.4 Å². The van der Waals surface area contributed by atoms with Gasteiger partial charge in [0.15, 0.2) is 0 Å². The van der Waals surface area contributed by atoms with E-state index >= 15 is 0 Å². The summed E-state index contributed by atoms with van der Waals surface area (Å²) in [6.45, 7) is 2.02. The van der Waals surface area contributed by atoms with Crippen molar-refractivity contribution in [1.82, 2.24) is 0 Å². The SMILES string of the molecule is CCCCCCCCS(=O)(=O)Oc1c(F)c(F)c(F)c(F)c1F. The Labute approximate surface area is 131 Å². The third-order valence-corrected chi connectivity index (χ3v) is 4.34. The van der Waals surface area contributed by atoms with Gasteiger partial charge < -0.3 is 4.18 Å². The third kappa shape index (κ3) is 5.33. The first-order valence-electron chi connectivity index (χ1n) is 7.14. The smallest absolute Gasteiger partial charge is 0.309 e. The maximum absolute atomic E-state index is 13.4. The average molecular weight is 360 g/mol. The average Bonchev–Trinajstić information content (AvgIpc) is 2.51. The minimum Gasteiger partial charge on any atom is -0.376 e. The van der Waals surface area contributed by atoms with Crippen LogP contribution < -0.4 is 4.18 Å². The van der Waals surface area contributed by atoms with E-state index in [-0.39, 0.29) is 6.42 Å². The van der Waals surface area contributed by atoms with Gasteiger partial charge in [0.25, 0.3) is 0 Å². The Bertz CT molecular complexity index is 617. The highest BCUT2D eigenvalue weighted by Crippen LogP contribution is 2.30. The van der Waals surface area contributed by atoms with E-state index < -0.39 is 50.7 Å². The van der Waals surface area contributed by atoms with Crippen molar-refractivity contribution in [2.45, 2.75) is 45.4 Å². The summed E-state index contributed by atoms with van der Waals surface area (Å²) in [7, 11) is -4.45. The normalized spacial score (nSPS) is 11.7. The summed E-state index contributed by atoms with van der Waals surface area (Å²) in [4.78, 5) is 0. The van der Waals surface area contributed by atoms with Crippen molar-refractivity contribution in [3.63, 3.8) is 0 Å². The molecule has 0 N–H and O–H groups in total. The Morgan fingerprint density at radius 3 is 1.70 bits per heavy atom. The summed E-state index contributed by atoms with van der Waals surface area (Å²) in [5.74, 6) is -13.9. The van der Waals surface area contributed by atoms with E-state index in [1.165, 1.54) is 0 Å². The number of hydrogen-bond donors (Lipinski definition) is 0. The largest absolute Gasteiger partial charge is 0.376 e. The molecule has 0 saturated carbocycles. The first-order chi connectivity index (χ1) is 10.7. The van der Waals surface area contributed by atoms with Crippen molar-refractivity contribution in [1.29, 1.82) is 0 Å². The number of rotatable bonds is 9. The molecule has 0 aliphatic heterocycles. The van der Waals surface area contributed by atoms with Crippen LogP contribution in [0.5, 0.6) is 5.75 Å². The van der Waals surface area contributed by atoms with Gasteiger partial charge in [-0.3, -0.25) is 0 Å². The Morgan fingerprint density at radius 2 is 1.17 bits per heavy atom. The second kappa shape index (κ2) is 8.47. The molecule has 1 aromatic carbocycles. The second-order valence-corrected chi connectivity index (χ2v) is 6.70. The molecule has 0 fully saturated rings. The van der Waals surface area contributed by atoms with Crippen LogP contribution in [0.1, 0.15) is 45.4 Å². The van der Waals surface area contributed by atoms with Crippen LogP contribution in [0.3, 0.4) is 0 Å². The fourth-order valence-electron chi connectivity index (χ4n) is 1.89. The van der Waals surface area contributed by atoms with Crippen molar-refractivity contribution in [3.8, 4) is 5.75 Å². The molecule has 1 rings (SSSR count). The lowest BCUT2D eigenvalue weighted by Gasteiger charge is -2.10. The van der Waals surface area contributed by atoms with Gasteiger partial charge in [-0.05, 0) is 6.42 Å². The molecule has 0 bridgehead atoms. The first kappa shape index (κ1) is 19.7. The lowest BCUT2D eigenvalue weighted by atomic mass is 10.1. The Balaban J connectivity index is 2.75. The summed E-state index contributed by atoms with van der Waals surface area (Å²) >= 11 is 0. The van der Waals surface area contributed by atoms with Crippen LogP contribution in [0.15, 0.2) is 0 Å². The molecule has 0 aliphatic carbocycles. The maximum atomic E-state index is 13.4. The molecule has 0 amide bonds. The molecule has 0 aromatic heterocycles. The number of benzene rings is 1. The Hall–Kier alpha value is -1.38. The van der Waals surface area contributed by atoms with E-state index in [2.05, 4.69) is 4.18 Å². The van der Waals surface area contributed by atoms with Crippen LogP contribution in [-0.4, -0.2) is 14.2 Å². The zero-order valence-corrected chi connectivity index (χ0v) is 13.3. The monoisotopic (exact) mass is 360 g/mol. The van der Waals surface area contributed by atoms with Crippen molar-refractivity contribution in [2.75, 3.05) is 5.75 Å². The van der Waals surface area contributed by atoms with Crippen molar-refractivity contribution >= 4 is 10.1 Å². The molecule has 0 saturated heterocycles. The lowest BCUT2D eigenvalue weighted by Crippen LogP contribution is -2.17. The molecule has 0 heterocycles. The molecule has 0 atom stereocenters. The van der Waals surface area contributed by atoms with Crippen molar-refractivity contribution in [2.24, 2.45) is 0 Å². The fraction of sp³-hybridized carbons (Fsp3) is 0.571. The standard InChI is InChI=1S/C14H17F5O3S/c1-2-3-4-5-6-7-8-23(20,21)22-14-12(18)10(16)9(15)11(17)13(14)19/h2-8H2,1H3. The van der Waals surface area contributed by atoms with Crippen LogP contribution >= 0.6 is 0 Å². The quantitative estimate of drug-likeness (QED) is 0.215. The minimum atomic E-state index is -4.45. The molecular formula is C14H17F5O3S. The van der Waals surface area contributed by atoms with Gasteiger partial charge in [-0.25, -0.2) is 13.2 Å². The van der Waals surface area contributed by atoms with E-state index in [1.807, 2.05) is 6.92 Å². The van der Waals surface area contributed by atoms with E-state index in [0.717, 1.165) is 25.7 Å². The number of hydrogen-bond acceptors (Lipinski definition) is 3. The summed E-state index contributed by atoms with van der Waals surface area (Å²) in [6, 6.07) is 0. The van der Waals surface area contributed by atoms with Crippen LogP contribution in [0, 0.1) is 29.1 Å². The molecule has 9 heteroatoms. The van der Waals surface area contributed by atoms with Gasteiger partial charge >= 0.3 is 10.1 Å². The molecule has 23 heavy (non-hydrogen) atoms. The van der Waals surface area contributed by atoms with Crippen LogP contribution in [-0.2, 0) is 10.1 Å². The highest BCUT2D eigenvalue weighted by atomic mass is 32.2. The third-order valence-electron chi connectivity index (χ3n) is 3.13. The minimum absolute atomic E-state index is 0.168. The molecule has 0 unspecified atom stereocenters. The van der Waals surface area contributed by atoms with Gasteiger partial charge in [-0.15, -0.1) is 0 Å². The first-order valence-corrected chi connectivity index (χ1v) is 8.72. The molecule has 3 nitrogen and oxygen atoms in total. The van der Waals surface area contributed by atoms with Crippen molar-refractivity contribution in [3.05, 3.63) is 29.1 Å². The summed E-state index contributed by atoms with van der Waals surface area (Å²) in [6.07, 6.45) is 4.46. The van der Waals surface area contributed by atoms with E-state index in [9.17, 15) is 30.4 Å². The fourth-order valence-corrected chi connectivity index (χ4v) is 2.93. The molecule has 0 aliphatic rings. The highest BCUT2D eigenvalue weighted by molar-refractivity contribution is 7.87. The zero-order chi connectivity index (χ0) is 17.6. The number of unbranched alkanes of at least 4 members (excludes halogenated alkanes) is 5. The van der Waals surface area contributed by atoms with Gasteiger partial charge in [-0.1, -0.05) is 39.0 Å². The van der Waals surface area contributed by atoms with E-state index in [0.29, 0.717) is 6.42 Å². The molecule has 0 spiro atoms. The summed E-state index contributed by atoms with van der Waals surface area (Å²) in [5, 5.41) is 0. The Morgan fingerprint density at radius 1 is 0.739 bits per heavy atom. The predicted molar refractivity (Wildman–Crippen MR) is 74.0 cm³/mol. The highest BCUT2D eigenvalue weighted by Gasteiger charge is 2.30. The summed E-state index contributed by atoms with van der Waals surface area (Å²) in [5.41, 5.74) is 0. The Kier molecular flexibility index (Phi) is 7.24. The molecular weight excluding hydrogens is 343 g/mol. The lowest BCUT2D eigenvalue weighted by molar-refractivity contribution is 0.346. The molecule has 0 radical (unpaired) electrons. The van der Waals surface area contributed by atoms with Gasteiger partial charge in [0, 0.05) is 0 Å². The molecule has 132 valence electrons. The van der Waals surface area contributed by atoms with Gasteiger partial charge in [0.1, 0.15) is 0 Å². The predicted octanol–water partition coefficient (Wildman–Crippen LogP) is 4.45. The van der Waals surface area contributed by atoms with Gasteiger partial charge in [-0.2, -0.15) is 17.2 Å². The van der Waals surface area contributed by atoms with Crippen molar-refractivity contribution < 1.29 is 34.6 Å². The molecule has 1 aromatic rings. The zero-order valence-electron chi connectivity index (χ0n) is 12.5. The van der Waals surface area contributed by atoms with Crippen LogP contribution in [0.4, 0.5) is 22.0 Å². The van der Waals surface area contributed by atoms with Crippen LogP contribution in [0.25, 0.3) is 0 Å². The van der Waals surface area contributed by atoms with Gasteiger partial charge in [0.2, 0.25) is 34.8 Å². The number of halogens is 5. The second-order valence-electron chi connectivity index (χ2n) is 5.01. The van der Waals surface area contributed by atoms with E-state index in [1.54, 1.807) is 0 Å². The van der Waals surface area contributed by atoms with E-state index in [4.69, 9.17) is 0 Å². The maximum Gasteiger partial charge on any atom is 0.309 e. The van der Waals surface area contributed by atoms with Gasteiger partial charge in [0.05, 0.1) is 5.75 Å². The van der Waals surface area contributed by atoms with Crippen LogP contribution in [0.2, 0.25) is 0 Å².